The molecule has 0 N–H and O–H groups in total. The molecule has 8 heteroatoms. The maximum atomic E-state index is 5.64. The maximum absolute atomic E-state index is 5.64. The van der Waals surface area contributed by atoms with E-state index < -0.39 is 0 Å². The van der Waals surface area contributed by atoms with Crippen molar-refractivity contribution >= 4 is 25.6 Å². The topological polar surface area (TPSA) is 59.1 Å². The fraction of sp³-hybridized carbons (Fsp3) is 0.400. The molecule has 4 radical (unpaired) electrons. The van der Waals surface area contributed by atoms with Crippen molar-refractivity contribution in [3.63, 3.8) is 0 Å². The minimum atomic E-state index is 0. The molecule has 7 nitrogen and oxygen atoms in total. The predicted octanol–water partition coefficient (Wildman–Crippen LogP) is -0.936. The Kier molecular flexibility index (Phi) is 4.25. The lowest BCUT2D eigenvalue weighted by Gasteiger charge is -2.09. The molecule has 0 bridgehead atoms. The molecule has 2 rings (SSSR count). The summed E-state index contributed by atoms with van der Waals surface area (Å²) in [5.74, 6) is 0. The van der Waals surface area contributed by atoms with Crippen LogP contribution in [-0.2, 0) is 0 Å². The molecular formula is C10H15BN6O. The van der Waals surface area contributed by atoms with Gasteiger partial charge in [-0.05, 0) is 22.2 Å². The molecular weight excluding hydrogens is 231 g/mol. The van der Waals surface area contributed by atoms with Crippen molar-refractivity contribution in [3.8, 4) is 0 Å². The highest BCUT2D eigenvalue weighted by atomic mass is 16.7. The summed E-state index contributed by atoms with van der Waals surface area (Å²) in [6.45, 7) is 0. The highest BCUT2D eigenvalue weighted by Crippen LogP contribution is 2.04. The Labute approximate surface area is 107 Å². The van der Waals surface area contributed by atoms with Gasteiger partial charge in [-0.1, -0.05) is 0 Å². The molecule has 0 unspecified atom stereocenters. The quantitative estimate of drug-likeness (QED) is 0.281. The van der Waals surface area contributed by atoms with E-state index in [9.17, 15) is 0 Å². The third-order valence-electron chi connectivity index (χ3n) is 2.11. The van der Waals surface area contributed by atoms with Gasteiger partial charge in [0.1, 0.15) is 5.52 Å². The van der Waals surface area contributed by atoms with Crippen molar-refractivity contribution in [3.05, 3.63) is 18.3 Å². The minimum Gasteiger partial charge on any atom is -1.00 e. The van der Waals surface area contributed by atoms with Crippen LogP contribution in [0.2, 0.25) is 0 Å². The van der Waals surface area contributed by atoms with Crippen LogP contribution < -0.4 is 4.84 Å². The molecule has 0 spiro atoms. The lowest BCUT2D eigenvalue weighted by atomic mass is 10.4. The minimum absolute atomic E-state index is 0. The Morgan fingerprint density at radius 2 is 2.11 bits per heavy atom. The summed E-state index contributed by atoms with van der Waals surface area (Å²) in [6.07, 6.45) is 1.68. The lowest BCUT2D eigenvalue weighted by Crippen LogP contribution is -2.39. The van der Waals surface area contributed by atoms with Crippen LogP contribution >= 0.6 is 0 Å². The van der Waals surface area contributed by atoms with Crippen LogP contribution in [-0.4, -0.2) is 72.2 Å². The van der Waals surface area contributed by atoms with E-state index in [4.69, 9.17) is 4.84 Å². The van der Waals surface area contributed by atoms with Crippen LogP contribution in [0.25, 0.3) is 11.2 Å². The molecule has 18 heavy (non-hydrogen) atoms. The molecule has 2 heterocycles. The van der Waals surface area contributed by atoms with E-state index in [0.717, 1.165) is 0 Å². The number of amidine groups is 1. The first-order valence-electron chi connectivity index (χ1n) is 5.16. The number of rotatable bonds is 1. The van der Waals surface area contributed by atoms with Crippen molar-refractivity contribution in [2.45, 2.75) is 0 Å². The smallest absolute Gasteiger partial charge is 0.472 e. The molecule has 0 aromatic carbocycles. The largest absolute Gasteiger partial charge is 1.00 e. The third kappa shape index (κ3) is 2.58. The normalized spacial score (nSPS) is 9.78. The number of fused-ring (bicyclic) bond motifs is 1. The van der Waals surface area contributed by atoms with Gasteiger partial charge in [-0.2, -0.15) is 0 Å². The van der Waals surface area contributed by atoms with Gasteiger partial charge in [0, 0.05) is 6.20 Å². The number of nitrogens with zero attached hydrogens (tertiary/aromatic N) is 6. The second-order valence-electron chi connectivity index (χ2n) is 3.97. The van der Waals surface area contributed by atoms with Crippen molar-refractivity contribution in [1.82, 2.24) is 25.0 Å². The van der Waals surface area contributed by atoms with Gasteiger partial charge in [0.05, 0.1) is 28.2 Å². The first-order valence-corrected chi connectivity index (χ1v) is 5.16. The summed E-state index contributed by atoms with van der Waals surface area (Å²) in [7, 11) is 7.56. The van der Waals surface area contributed by atoms with Crippen LogP contribution in [0.1, 0.15) is 0 Å². The van der Waals surface area contributed by atoms with Gasteiger partial charge in [0.15, 0.2) is 0 Å². The molecule has 2 aromatic heterocycles. The summed E-state index contributed by atoms with van der Waals surface area (Å²) < 4.78 is 1.84. The predicted molar refractivity (Wildman–Crippen MR) is 68.5 cm³/mol. The van der Waals surface area contributed by atoms with E-state index >= 15 is 0 Å². The molecule has 94 valence electrons. The first kappa shape index (κ1) is 13.9. The van der Waals surface area contributed by atoms with Gasteiger partial charge in [-0.25, -0.2) is 14.5 Å². The van der Waals surface area contributed by atoms with Crippen LogP contribution in [0.15, 0.2) is 18.3 Å². The van der Waals surface area contributed by atoms with Gasteiger partial charge in [-0.15, -0.1) is 5.10 Å². The summed E-state index contributed by atoms with van der Waals surface area (Å²) in [6, 6.07) is 4.28. The number of hydrogen-bond acceptors (Lipinski definition) is 4. The zero-order chi connectivity index (χ0) is 12.4. The second kappa shape index (κ2) is 5.48. The molecule has 0 aliphatic heterocycles. The SMILES string of the molecule is CN(C)C(On1nnc2cccnc21)=[N+](C)C.[B-]. The van der Waals surface area contributed by atoms with Crippen molar-refractivity contribution in [1.29, 1.82) is 0 Å². The fourth-order valence-corrected chi connectivity index (χ4v) is 1.45. The van der Waals surface area contributed by atoms with Crippen LogP contribution in [0.3, 0.4) is 0 Å². The van der Waals surface area contributed by atoms with Gasteiger partial charge < -0.3 is 8.41 Å². The van der Waals surface area contributed by atoms with Crippen LogP contribution in [0.4, 0.5) is 0 Å². The molecule has 0 aliphatic carbocycles. The molecule has 2 aromatic rings. The number of aromatic nitrogens is 4. The van der Waals surface area contributed by atoms with E-state index in [1.54, 1.807) is 6.20 Å². The van der Waals surface area contributed by atoms with Crippen LogP contribution in [0.5, 0.6) is 0 Å². The summed E-state index contributed by atoms with van der Waals surface area (Å²) in [5, 5.41) is 7.87. The zero-order valence-electron chi connectivity index (χ0n) is 10.9. The highest BCUT2D eigenvalue weighted by Gasteiger charge is 2.17. The Hall–Kier alpha value is -2.12. The molecule has 0 atom stereocenters. The van der Waals surface area contributed by atoms with E-state index in [1.807, 2.05) is 49.8 Å². The molecule has 0 aliphatic rings. The maximum Gasteiger partial charge on any atom is 0.472 e. The molecule has 0 fully saturated rings. The van der Waals surface area contributed by atoms with E-state index in [0.29, 0.717) is 17.2 Å². The Bertz CT molecular complexity index is 560. The standard InChI is InChI=1S/C10H15N6O.B/c1-14(2)10(15(3)4)17-16-9-8(12-13-16)6-5-7-11-9;/h5-7H,1-4H3;/q+1;-1. The Morgan fingerprint density at radius 1 is 1.39 bits per heavy atom. The van der Waals surface area contributed by atoms with Gasteiger partial charge in [0.25, 0.3) is 0 Å². The van der Waals surface area contributed by atoms with Crippen molar-refractivity contribution in [2.24, 2.45) is 0 Å². The average Bonchev–Trinajstić information content (AvgIpc) is 2.68. The lowest BCUT2D eigenvalue weighted by molar-refractivity contribution is -0.480. The second-order valence-corrected chi connectivity index (χ2v) is 3.97. The fourth-order valence-electron chi connectivity index (χ4n) is 1.45. The highest BCUT2D eigenvalue weighted by molar-refractivity contribution is 5.75. The van der Waals surface area contributed by atoms with E-state index in [1.165, 1.54) is 4.85 Å². The van der Waals surface area contributed by atoms with Crippen LogP contribution in [0, 0.1) is 0 Å². The monoisotopic (exact) mass is 246 g/mol. The number of hydrogen-bond donors (Lipinski definition) is 0. The van der Waals surface area contributed by atoms with Gasteiger partial charge in [0.2, 0.25) is 5.65 Å². The Balaban J connectivity index is 0.00000162. The molecule has 0 saturated heterocycles. The summed E-state index contributed by atoms with van der Waals surface area (Å²) >= 11 is 0. The summed E-state index contributed by atoms with van der Waals surface area (Å²) in [5.41, 5.74) is 1.29. The Morgan fingerprint density at radius 3 is 2.72 bits per heavy atom. The van der Waals surface area contributed by atoms with Gasteiger partial charge in [-0.3, -0.25) is 4.84 Å². The average molecular weight is 246 g/mol. The first-order chi connectivity index (χ1) is 8.09. The zero-order valence-corrected chi connectivity index (χ0v) is 10.9. The van der Waals surface area contributed by atoms with E-state index in [-0.39, 0.29) is 8.41 Å². The number of pyridine rings is 1. The molecule has 0 saturated carbocycles. The third-order valence-corrected chi connectivity index (χ3v) is 2.11. The van der Waals surface area contributed by atoms with Crippen molar-refractivity contribution < 1.29 is 9.41 Å². The van der Waals surface area contributed by atoms with Crippen molar-refractivity contribution in [2.75, 3.05) is 28.2 Å². The summed E-state index contributed by atoms with van der Waals surface area (Å²) in [4.78, 5) is 13.0. The van der Waals surface area contributed by atoms with Gasteiger partial charge >= 0.3 is 6.02 Å². The van der Waals surface area contributed by atoms with E-state index in [2.05, 4.69) is 15.3 Å². The molecule has 0 amide bonds.